The highest BCUT2D eigenvalue weighted by Crippen LogP contribution is 2.47. The molecule has 1 aromatic carbocycles. The molecule has 2 aliphatic rings. The minimum absolute atomic E-state index is 0.135. The Morgan fingerprint density at radius 1 is 1.22 bits per heavy atom. The van der Waals surface area contributed by atoms with Crippen LogP contribution in [0.25, 0.3) is 0 Å². The number of nitrogens with zero attached hydrogens (tertiary/aromatic N) is 1. The summed E-state index contributed by atoms with van der Waals surface area (Å²) in [6.45, 7) is 5.13. The first-order chi connectivity index (χ1) is 10.9. The summed E-state index contributed by atoms with van der Waals surface area (Å²) in [5, 5.41) is 9.35. The molecule has 124 valence electrons. The number of aliphatic carboxylic acids is 1. The number of carbonyl (C=O) groups is 2. The topological polar surface area (TPSA) is 57.6 Å². The fourth-order valence-corrected chi connectivity index (χ4v) is 4.24. The van der Waals surface area contributed by atoms with Crippen molar-refractivity contribution in [3.63, 3.8) is 0 Å². The van der Waals surface area contributed by atoms with E-state index in [1.165, 1.54) is 0 Å². The van der Waals surface area contributed by atoms with E-state index >= 15 is 0 Å². The molecule has 3 rings (SSSR count). The molecule has 23 heavy (non-hydrogen) atoms. The number of carboxylic acids is 1. The Labute approximate surface area is 137 Å². The lowest BCUT2D eigenvalue weighted by atomic mass is 9.62. The van der Waals surface area contributed by atoms with Gasteiger partial charge in [0.05, 0.1) is 11.3 Å². The molecule has 1 heterocycles. The summed E-state index contributed by atoms with van der Waals surface area (Å²) in [6, 6.07) is 8.11. The van der Waals surface area contributed by atoms with Gasteiger partial charge in [-0.1, -0.05) is 37.6 Å². The van der Waals surface area contributed by atoms with Gasteiger partial charge in [0.25, 0.3) is 0 Å². The first-order valence-electron chi connectivity index (χ1n) is 8.52. The van der Waals surface area contributed by atoms with Crippen LogP contribution < -0.4 is 0 Å². The van der Waals surface area contributed by atoms with Gasteiger partial charge in [0.1, 0.15) is 0 Å². The maximum absolute atomic E-state index is 13.3. The van der Waals surface area contributed by atoms with Crippen molar-refractivity contribution < 1.29 is 14.7 Å². The first-order valence-corrected chi connectivity index (χ1v) is 8.52. The molecule has 0 spiro atoms. The fraction of sp³-hybridized carbons (Fsp3) is 0.579. The van der Waals surface area contributed by atoms with Gasteiger partial charge >= 0.3 is 5.97 Å². The highest BCUT2D eigenvalue weighted by atomic mass is 16.4. The summed E-state index contributed by atoms with van der Waals surface area (Å²) < 4.78 is 0. The quantitative estimate of drug-likeness (QED) is 0.933. The molecular formula is C19H25NO3. The molecule has 0 bridgehead atoms. The second-order valence-electron chi connectivity index (χ2n) is 7.34. The molecule has 4 nitrogen and oxygen atoms in total. The lowest BCUT2D eigenvalue weighted by molar-refractivity contribution is -0.150. The van der Waals surface area contributed by atoms with Crippen molar-refractivity contribution in [3.8, 4) is 0 Å². The number of piperidine rings is 1. The Morgan fingerprint density at radius 2 is 1.91 bits per heavy atom. The maximum Gasteiger partial charge on any atom is 0.308 e. The van der Waals surface area contributed by atoms with Crippen LogP contribution in [0.2, 0.25) is 0 Å². The van der Waals surface area contributed by atoms with E-state index in [-0.39, 0.29) is 11.8 Å². The molecule has 1 aliphatic carbocycles. The van der Waals surface area contributed by atoms with E-state index in [0.717, 1.165) is 30.4 Å². The molecular weight excluding hydrogens is 290 g/mol. The molecule has 1 saturated heterocycles. The van der Waals surface area contributed by atoms with E-state index in [2.05, 4.69) is 19.1 Å². The largest absolute Gasteiger partial charge is 0.481 e. The second-order valence-corrected chi connectivity index (χ2v) is 7.34. The van der Waals surface area contributed by atoms with E-state index in [1.807, 2.05) is 24.0 Å². The molecule has 2 unspecified atom stereocenters. The molecule has 1 aliphatic heterocycles. The SMILES string of the molecule is Cc1ccccc1C1(C(=O)N2CC(C)CC(C(=O)O)C2)CCC1. The van der Waals surface area contributed by atoms with Gasteiger partial charge in [-0.05, 0) is 43.2 Å². The van der Waals surface area contributed by atoms with Crippen LogP contribution in [0.15, 0.2) is 24.3 Å². The highest BCUT2D eigenvalue weighted by molar-refractivity contribution is 5.90. The number of hydrogen-bond donors (Lipinski definition) is 1. The third kappa shape index (κ3) is 2.75. The van der Waals surface area contributed by atoms with Crippen LogP contribution in [0.4, 0.5) is 0 Å². The van der Waals surface area contributed by atoms with Crippen LogP contribution in [-0.2, 0) is 15.0 Å². The lowest BCUT2D eigenvalue weighted by Crippen LogP contribution is -2.55. The Bertz CT molecular complexity index is 621. The van der Waals surface area contributed by atoms with Crippen LogP contribution in [0.5, 0.6) is 0 Å². The van der Waals surface area contributed by atoms with Gasteiger partial charge in [0, 0.05) is 13.1 Å². The smallest absolute Gasteiger partial charge is 0.308 e. The summed E-state index contributed by atoms with van der Waals surface area (Å²) >= 11 is 0. The molecule has 0 radical (unpaired) electrons. The summed E-state index contributed by atoms with van der Waals surface area (Å²) in [5.74, 6) is -0.844. The normalized spacial score (nSPS) is 26.4. The Balaban J connectivity index is 1.88. The monoisotopic (exact) mass is 315 g/mol. The minimum atomic E-state index is -0.784. The zero-order chi connectivity index (χ0) is 16.6. The van der Waals surface area contributed by atoms with Crippen molar-refractivity contribution in [2.45, 2.75) is 44.9 Å². The molecule has 2 atom stereocenters. The molecule has 1 N–H and O–H groups in total. The number of benzene rings is 1. The molecule has 4 heteroatoms. The maximum atomic E-state index is 13.3. The Morgan fingerprint density at radius 3 is 2.48 bits per heavy atom. The lowest BCUT2D eigenvalue weighted by Gasteiger charge is -2.47. The first kappa shape index (κ1) is 16.0. The van der Waals surface area contributed by atoms with Gasteiger partial charge in [-0.2, -0.15) is 0 Å². The summed E-state index contributed by atoms with van der Waals surface area (Å²) in [6.07, 6.45) is 3.47. The molecule has 2 fully saturated rings. The average Bonchev–Trinajstić information content (AvgIpc) is 2.47. The number of carboxylic acid groups (broad SMARTS) is 1. The van der Waals surface area contributed by atoms with E-state index in [0.29, 0.717) is 19.5 Å². The van der Waals surface area contributed by atoms with Crippen molar-refractivity contribution in [1.29, 1.82) is 0 Å². The standard InChI is InChI=1S/C19H25NO3/c1-13-10-15(17(21)22)12-20(11-13)18(23)19(8-5-9-19)16-7-4-3-6-14(16)2/h3-4,6-7,13,15H,5,8-12H2,1-2H3,(H,21,22). The average molecular weight is 315 g/mol. The number of amides is 1. The van der Waals surface area contributed by atoms with Crippen molar-refractivity contribution in [3.05, 3.63) is 35.4 Å². The molecule has 1 aromatic rings. The van der Waals surface area contributed by atoms with Crippen LogP contribution in [0, 0.1) is 18.8 Å². The third-order valence-corrected chi connectivity index (χ3v) is 5.57. The third-order valence-electron chi connectivity index (χ3n) is 5.57. The summed E-state index contributed by atoms with van der Waals surface area (Å²) in [4.78, 5) is 26.5. The number of likely N-dealkylation sites (tertiary alicyclic amines) is 1. The summed E-state index contributed by atoms with van der Waals surface area (Å²) in [7, 11) is 0. The predicted octanol–water partition coefficient (Wildman–Crippen LogP) is 2.99. The van der Waals surface area contributed by atoms with E-state index in [4.69, 9.17) is 0 Å². The van der Waals surface area contributed by atoms with Gasteiger partial charge in [-0.25, -0.2) is 0 Å². The van der Waals surface area contributed by atoms with E-state index in [9.17, 15) is 14.7 Å². The Hall–Kier alpha value is -1.84. The zero-order valence-corrected chi connectivity index (χ0v) is 13.9. The number of hydrogen-bond acceptors (Lipinski definition) is 2. The zero-order valence-electron chi connectivity index (χ0n) is 13.9. The van der Waals surface area contributed by atoms with Crippen molar-refractivity contribution in [1.82, 2.24) is 4.90 Å². The molecule has 1 amide bonds. The van der Waals surface area contributed by atoms with Crippen LogP contribution in [0.3, 0.4) is 0 Å². The highest BCUT2D eigenvalue weighted by Gasteiger charge is 2.49. The van der Waals surface area contributed by atoms with E-state index in [1.54, 1.807) is 0 Å². The van der Waals surface area contributed by atoms with Gasteiger partial charge in [0.15, 0.2) is 0 Å². The molecule has 0 aromatic heterocycles. The van der Waals surface area contributed by atoms with E-state index < -0.39 is 17.3 Å². The van der Waals surface area contributed by atoms with Crippen LogP contribution in [0.1, 0.15) is 43.7 Å². The van der Waals surface area contributed by atoms with Crippen molar-refractivity contribution in [2.75, 3.05) is 13.1 Å². The van der Waals surface area contributed by atoms with Gasteiger partial charge in [-0.15, -0.1) is 0 Å². The van der Waals surface area contributed by atoms with Crippen molar-refractivity contribution in [2.24, 2.45) is 11.8 Å². The number of carbonyl (C=O) groups excluding carboxylic acids is 1. The predicted molar refractivity (Wildman–Crippen MR) is 88.2 cm³/mol. The minimum Gasteiger partial charge on any atom is -0.481 e. The van der Waals surface area contributed by atoms with Crippen LogP contribution >= 0.6 is 0 Å². The molecule has 1 saturated carbocycles. The summed E-state index contributed by atoms with van der Waals surface area (Å²) in [5.41, 5.74) is 1.85. The number of aryl methyl sites for hydroxylation is 1. The van der Waals surface area contributed by atoms with Gasteiger partial charge < -0.3 is 10.0 Å². The second kappa shape index (κ2) is 5.99. The fourth-order valence-electron chi connectivity index (χ4n) is 4.24. The number of rotatable bonds is 3. The Kier molecular flexibility index (Phi) is 4.17. The van der Waals surface area contributed by atoms with Crippen LogP contribution in [-0.4, -0.2) is 35.0 Å². The van der Waals surface area contributed by atoms with Crippen molar-refractivity contribution >= 4 is 11.9 Å². The van der Waals surface area contributed by atoms with Gasteiger partial charge in [-0.3, -0.25) is 9.59 Å². The van der Waals surface area contributed by atoms with Gasteiger partial charge in [0.2, 0.25) is 5.91 Å².